The van der Waals surface area contributed by atoms with E-state index >= 15 is 0 Å². The Morgan fingerprint density at radius 2 is 1.95 bits per heavy atom. The molecule has 0 aliphatic carbocycles. The van der Waals surface area contributed by atoms with Crippen LogP contribution < -0.4 is 0 Å². The molecule has 0 saturated carbocycles. The first-order valence-corrected chi connectivity index (χ1v) is 8.10. The quantitative estimate of drug-likeness (QED) is 0.772. The number of hydrogen-bond acceptors (Lipinski definition) is 3. The smallest absolute Gasteiger partial charge is 0.247 e. The van der Waals surface area contributed by atoms with Crippen molar-refractivity contribution < 1.29 is 21.9 Å². The van der Waals surface area contributed by atoms with Gasteiger partial charge in [0.25, 0.3) is 0 Å². The van der Waals surface area contributed by atoms with Crippen molar-refractivity contribution in [3.63, 3.8) is 0 Å². The van der Waals surface area contributed by atoms with E-state index < -0.39 is 26.6 Å². The number of rotatable bonds is 6. The Bertz CT molecular complexity index is 555. The lowest BCUT2D eigenvalue weighted by molar-refractivity contribution is 0.170. The number of hydrogen-bond donors (Lipinski definition) is 0. The van der Waals surface area contributed by atoms with Crippen molar-refractivity contribution >= 4 is 26.0 Å². The molecule has 0 heterocycles. The second-order valence-electron chi connectivity index (χ2n) is 4.40. The van der Waals surface area contributed by atoms with E-state index in [2.05, 4.69) is 15.9 Å². The van der Waals surface area contributed by atoms with Gasteiger partial charge in [-0.3, -0.25) is 0 Å². The van der Waals surface area contributed by atoms with E-state index in [0.717, 1.165) is 10.4 Å². The number of methoxy groups -OCH3 is 1. The third kappa shape index (κ3) is 3.75. The third-order valence-electron chi connectivity index (χ3n) is 2.62. The Balaban J connectivity index is 3.34. The number of sulfonamides is 1. The van der Waals surface area contributed by atoms with Gasteiger partial charge in [0.1, 0.15) is 16.5 Å². The predicted octanol–water partition coefficient (Wildman–Crippen LogP) is 2.77. The van der Waals surface area contributed by atoms with Crippen LogP contribution in [0.15, 0.2) is 21.5 Å². The minimum absolute atomic E-state index is 0.0831. The molecule has 0 saturated heterocycles. The molecule has 20 heavy (non-hydrogen) atoms. The predicted molar refractivity (Wildman–Crippen MR) is 75.0 cm³/mol. The van der Waals surface area contributed by atoms with E-state index in [-0.39, 0.29) is 23.7 Å². The molecule has 1 rings (SSSR count). The summed E-state index contributed by atoms with van der Waals surface area (Å²) in [4.78, 5) is -0.566. The van der Waals surface area contributed by atoms with Crippen molar-refractivity contribution in [2.45, 2.75) is 24.8 Å². The number of benzene rings is 1. The minimum Gasteiger partial charge on any atom is -0.383 e. The first-order chi connectivity index (χ1) is 9.21. The van der Waals surface area contributed by atoms with Crippen LogP contribution in [-0.4, -0.2) is 39.0 Å². The van der Waals surface area contributed by atoms with Crippen molar-refractivity contribution in [2.75, 3.05) is 20.3 Å². The first-order valence-electron chi connectivity index (χ1n) is 5.87. The fourth-order valence-electron chi connectivity index (χ4n) is 1.73. The standard InChI is InChI=1S/C12H16BrF2NO3S/c1-8(2)16(4-5-19-3)20(17,18)12-10(13)6-9(14)7-11(12)15/h6-8H,4-5H2,1-3H3. The average Bonchev–Trinajstić information content (AvgIpc) is 2.26. The van der Waals surface area contributed by atoms with Crippen molar-refractivity contribution in [3.8, 4) is 0 Å². The summed E-state index contributed by atoms with van der Waals surface area (Å²) in [5.41, 5.74) is 0. The summed E-state index contributed by atoms with van der Waals surface area (Å²) in [5.74, 6) is -1.97. The van der Waals surface area contributed by atoms with Crippen LogP contribution >= 0.6 is 15.9 Å². The molecule has 0 fully saturated rings. The SMILES string of the molecule is COCCN(C(C)C)S(=O)(=O)c1c(F)cc(F)cc1Br. The van der Waals surface area contributed by atoms with E-state index in [1.54, 1.807) is 13.8 Å². The van der Waals surface area contributed by atoms with E-state index in [4.69, 9.17) is 4.74 Å². The molecular weight excluding hydrogens is 356 g/mol. The van der Waals surface area contributed by atoms with Crippen LogP contribution in [-0.2, 0) is 14.8 Å². The lowest BCUT2D eigenvalue weighted by Gasteiger charge is -2.26. The van der Waals surface area contributed by atoms with Gasteiger partial charge < -0.3 is 4.74 Å². The van der Waals surface area contributed by atoms with E-state index in [0.29, 0.717) is 6.07 Å². The fourth-order valence-corrected chi connectivity index (χ4v) is 4.47. The summed E-state index contributed by atoms with van der Waals surface area (Å²) < 4.78 is 57.8. The van der Waals surface area contributed by atoms with Crippen LogP contribution in [0.3, 0.4) is 0 Å². The Labute approximate surface area is 125 Å². The maximum absolute atomic E-state index is 13.8. The van der Waals surface area contributed by atoms with Crippen molar-refractivity contribution in [3.05, 3.63) is 28.2 Å². The topological polar surface area (TPSA) is 46.6 Å². The highest BCUT2D eigenvalue weighted by Gasteiger charge is 2.31. The molecule has 0 bridgehead atoms. The molecule has 0 spiro atoms. The highest BCUT2D eigenvalue weighted by molar-refractivity contribution is 9.10. The summed E-state index contributed by atoms with van der Waals surface area (Å²) >= 11 is 2.90. The van der Waals surface area contributed by atoms with Gasteiger partial charge in [-0.2, -0.15) is 4.31 Å². The largest absolute Gasteiger partial charge is 0.383 e. The van der Waals surface area contributed by atoms with Crippen LogP contribution in [0.4, 0.5) is 8.78 Å². The van der Waals surface area contributed by atoms with Gasteiger partial charge in [0.2, 0.25) is 10.0 Å². The number of halogens is 3. The van der Waals surface area contributed by atoms with Crippen LogP contribution in [0.2, 0.25) is 0 Å². The first kappa shape index (κ1) is 17.5. The van der Waals surface area contributed by atoms with Gasteiger partial charge in [-0.25, -0.2) is 17.2 Å². The van der Waals surface area contributed by atoms with E-state index in [1.165, 1.54) is 7.11 Å². The third-order valence-corrected chi connectivity index (χ3v) is 5.66. The Hall–Kier alpha value is -0.570. The van der Waals surface area contributed by atoms with Gasteiger partial charge >= 0.3 is 0 Å². The maximum atomic E-state index is 13.8. The molecule has 8 heteroatoms. The molecule has 4 nitrogen and oxygen atoms in total. The Kier molecular flexibility index (Phi) is 6.06. The molecule has 114 valence electrons. The summed E-state index contributed by atoms with van der Waals surface area (Å²) in [6.07, 6.45) is 0. The minimum atomic E-state index is -4.09. The molecule has 1 aromatic rings. The van der Waals surface area contributed by atoms with Gasteiger partial charge in [0.05, 0.1) is 6.61 Å². The molecule has 0 aromatic heterocycles. The molecule has 0 atom stereocenters. The lowest BCUT2D eigenvalue weighted by atomic mass is 10.3. The van der Waals surface area contributed by atoms with Crippen molar-refractivity contribution in [1.29, 1.82) is 0 Å². The van der Waals surface area contributed by atoms with Crippen molar-refractivity contribution in [1.82, 2.24) is 4.31 Å². The summed E-state index contributed by atoms with van der Waals surface area (Å²) in [6, 6.07) is 1.09. The zero-order chi connectivity index (χ0) is 15.5. The molecule has 1 aromatic carbocycles. The molecule has 0 N–H and O–H groups in total. The highest BCUT2D eigenvalue weighted by atomic mass is 79.9. The van der Waals surface area contributed by atoms with E-state index in [9.17, 15) is 17.2 Å². The Morgan fingerprint density at radius 1 is 1.35 bits per heavy atom. The number of nitrogens with zero attached hydrogens (tertiary/aromatic N) is 1. The molecule has 0 amide bonds. The molecule has 0 radical (unpaired) electrons. The van der Waals surface area contributed by atoms with Gasteiger partial charge in [-0.15, -0.1) is 0 Å². The number of ether oxygens (including phenoxy) is 1. The highest BCUT2D eigenvalue weighted by Crippen LogP contribution is 2.29. The summed E-state index contributed by atoms with van der Waals surface area (Å²) in [6.45, 7) is 3.60. The molecule has 0 unspecified atom stereocenters. The van der Waals surface area contributed by atoms with Gasteiger partial charge in [0, 0.05) is 30.2 Å². The van der Waals surface area contributed by atoms with Gasteiger partial charge in [-0.05, 0) is 35.8 Å². The Morgan fingerprint density at radius 3 is 2.40 bits per heavy atom. The maximum Gasteiger partial charge on any atom is 0.247 e. The summed E-state index contributed by atoms with van der Waals surface area (Å²) in [5, 5.41) is 0. The second kappa shape index (κ2) is 6.93. The molecular formula is C12H16BrF2NO3S. The van der Waals surface area contributed by atoms with Crippen LogP contribution in [0.25, 0.3) is 0 Å². The second-order valence-corrected chi connectivity index (χ2v) is 7.08. The molecule has 0 aliphatic heterocycles. The lowest BCUT2D eigenvalue weighted by Crippen LogP contribution is -2.39. The van der Waals surface area contributed by atoms with Crippen LogP contribution in [0, 0.1) is 11.6 Å². The monoisotopic (exact) mass is 371 g/mol. The fraction of sp³-hybridized carbons (Fsp3) is 0.500. The average molecular weight is 372 g/mol. The van der Waals surface area contributed by atoms with E-state index in [1.807, 2.05) is 0 Å². The van der Waals surface area contributed by atoms with Gasteiger partial charge in [-0.1, -0.05) is 0 Å². The van der Waals surface area contributed by atoms with Crippen molar-refractivity contribution in [2.24, 2.45) is 0 Å². The van der Waals surface area contributed by atoms with Crippen LogP contribution in [0.1, 0.15) is 13.8 Å². The van der Waals surface area contributed by atoms with Gasteiger partial charge in [0.15, 0.2) is 0 Å². The molecule has 0 aliphatic rings. The zero-order valence-corrected chi connectivity index (χ0v) is 13.8. The normalized spacial score (nSPS) is 12.4. The van der Waals surface area contributed by atoms with Crippen LogP contribution in [0.5, 0.6) is 0 Å². The zero-order valence-electron chi connectivity index (χ0n) is 11.4. The summed E-state index contributed by atoms with van der Waals surface area (Å²) in [7, 11) is -2.64.